The third kappa shape index (κ3) is 5.11. The summed E-state index contributed by atoms with van der Waals surface area (Å²) < 4.78 is 13.8. The lowest BCUT2D eigenvalue weighted by Crippen LogP contribution is -2.62. The summed E-state index contributed by atoms with van der Waals surface area (Å²) in [5.41, 5.74) is 5.86. The minimum Gasteiger partial charge on any atom is -0.465 e. The molecule has 9 nitrogen and oxygen atoms in total. The van der Waals surface area contributed by atoms with Gasteiger partial charge in [0.25, 0.3) is 0 Å². The molecule has 2 fully saturated rings. The number of ether oxygens (including phenoxy) is 2. The highest BCUT2D eigenvalue weighted by Crippen LogP contribution is 2.71. The number of benzene rings is 1. The Morgan fingerprint density at radius 1 is 1.09 bits per heavy atom. The summed E-state index contributed by atoms with van der Waals surface area (Å²) in [6.07, 6.45) is 10.8. The molecule has 9 atom stereocenters. The fourth-order valence-corrected chi connectivity index (χ4v) is 13.1. The van der Waals surface area contributed by atoms with Gasteiger partial charge in [0, 0.05) is 39.0 Å². The molecule has 3 heterocycles. The summed E-state index contributed by atoms with van der Waals surface area (Å²) in [7, 11) is 0. The Morgan fingerprint density at radius 2 is 1.80 bits per heavy atom. The van der Waals surface area contributed by atoms with Gasteiger partial charge in [-0.25, -0.2) is 0 Å². The molecule has 0 spiro atoms. The Balaban J connectivity index is 1.24. The second-order valence-corrected chi connectivity index (χ2v) is 19.5. The maximum absolute atomic E-state index is 14.9. The van der Waals surface area contributed by atoms with Crippen LogP contribution in [0.15, 0.2) is 48.1 Å². The molecule has 4 aliphatic carbocycles. The minimum atomic E-state index is -0.874. The van der Waals surface area contributed by atoms with Crippen molar-refractivity contribution in [1.29, 1.82) is 0 Å². The SMILES string of the molecule is C=C(C)C1C(=O)c2c3c(cc4c5c(n1c24)C1(C)C(CCC2C(C)(/C=C/C=C(\C)C(=O)NCC(=O)OCC)C(O)CCC21C)C5)C1=CC(C)(C)OC(C)(C)C1C3O. The van der Waals surface area contributed by atoms with Crippen molar-refractivity contribution in [3.63, 3.8) is 0 Å². The minimum absolute atomic E-state index is 0.0123. The first kappa shape index (κ1) is 39.1. The van der Waals surface area contributed by atoms with E-state index in [1.165, 1.54) is 11.3 Å². The predicted octanol–water partition coefficient (Wildman–Crippen LogP) is 7.78. The maximum atomic E-state index is 14.9. The van der Waals surface area contributed by atoms with E-state index in [0.717, 1.165) is 58.9 Å². The maximum Gasteiger partial charge on any atom is 0.325 e. The molecule has 0 bridgehead atoms. The van der Waals surface area contributed by atoms with Crippen LogP contribution in [0.3, 0.4) is 0 Å². The first-order chi connectivity index (χ1) is 26.1. The van der Waals surface area contributed by atoms with Crippen LogP contribution in [-0.4, -0.2) is 62.9 Å². The highest BCUT2D eigenvalue weighted by Gasteiger charge is 2.67. The molecule has 2 aliphatic heterocycles. The number of carbonyl (C=O) groups is 3. The first-order valence-corrected chi connectivity index (χ1v) is 20.7. The van der Waals surface area contributed by atoms with E-state index in [1.807, 2.05) is 26.8 Å². The fourth-order valence-electron chi connectivity index (χ4n) is 13.1. The van der Waals surface area contributed by atoms with Crippen molar-refractivity contribution in [2.24, 2.45) is 28.6 Å². The number of aliphatic hydroxyl groups is 2. The number of carbonyl (C=O) groups excluding carboxylic acids is 3. The number of amides is 1. The number of ketones is 1. The number of rotatable bonds is 7. The Labute approximate surface area is 331 Å². The van der Waals surface area contributed by atoms with Gasteiger partial charge in [0.05, 0.1) is 41.1 Å². The van der Waals surface area contributed by atoms with E-state index in [2.05, 4.69) is 69.3 Å². The Hall–Kier alpha value is -3.79. The number of nitrogens with zero attached hydrogens (tertiary/aromatic N) is 1. The van der Waals surface area contributed by atoms with Crippen LogP contribution in [0.2, 0.25) is 0 Å². The zero-order chi connectivity index (χ0) is 40.7. The predicted molar refractivity (Wildman–Crippen MR) is 217 cm³/mol. The van der Waals surface area contributed by atoms with Gasteiger partial charge in [-0.3, -0.25) is 14.4 Å². The van der Waals surface area contributed by atoms with Gasteiger partial charge in [-0.15, -0.1) is 0 Å². The summed E-state index contributed by atoms with van der Waals surface area (Å²) in [6, 6.07) is 1.73. The van der Waals surface area contributed by atoms with Crippen molar-refractivity contribution >= 4 is 34.1 Å². The van der Waals surface area contributed by atoms with Gasteiger partial charge >= 0.3 is 5.97 Å². The van der Waals surface area contributed by atoms with Gasteiger partial charge < -0.3 is 29.6 Å². The van der Waals surface area contributed by atoms with Gasteiger partial charge in [0.15, 0.2) is 5.78 Å². The highest BCUT2D eigenvalue weighted by molar-refractivity contribution is 6.18. The van der Waals surface area contributed by atoms with Crippen molar-refractivity contribution in [3.8, 4) is 0 Å². The Kier molecular flexibility index (Phi) is 8.79. The molecule has 3 N–H and O–H groups in total. The van der Waals surface area contributed by atoms with Gasteiger partial charge in [-0.05, 0) is 127 Å². The molecule has 1 amide bonds. The molecule has 0 radical (unpaired) electrons. The van der Waals surface area contributed by atoms with E-state index in [4.69, 9.17) is 9.47 Å². The van der Waals surface area contributed by atoms with Crippen LogP contribution in [0.1, 0.15) is 140 Å². The zero-order valence-corrected chi connectivity index (χ0v) is 34.9. The number of allylic oxidation sites excluding steroid dienone is 3. The van der Waals surface area contributed by atoms with E-state index < -0.39 is 40.8 Å². The summed E-state index contributed by atoms with van der Waals surface area (Å²) in [4.78, 5) is 39.5. The van der Waals surface area contributed by atoms with Crippen LogP contribution in [0.25, 0.3) is 16.5 Å². The van der Waals surface area contributed by atoms with Crippen LogP contribution in [0.4, 0.5) is 0 Å². The normalized spacial score (nSPS) is 36.1. The molecule has 9 heteroatoms. The largest absolute Gasteiger partial charge is 0.465 e. The molecule has 1 aromatic heterocycles. The van der Waals surface area contributed by atoms with Crippen LogP contribution < -0.4 is 5.32 Å². The second kappa shape index (κ2) is 12.6. The van der Waals surface area contributed by atoms with Gasteiger partial charge in [-0.2, -0.15) is 0 Å². The zero-order valence-electron chi connectivity index (χ0n) is 34.9. The molecule has 9 unspecified atom stereocenters. The van der Waals surface area contributed by atoms with E-state index in [-0.39, 0.29) is 47.5 Å². The van der Waals surface area contributed by atoms with Crippen molar-refractivity contribution < 1.29 is 34.1 Å². The first-order valence-electron chi connectivity index (χ1n) is 20.7. The number of hydrogen-bond donors (Lipinski definition) is 3. The standard InChI is InChI=1S/C47H60N2O7/c1-12-55-33(51)23-48-42(54)25(4)14-13-18-45(9)31-16-15-26-20-29-28-21-27-30-22-43(5,6)56-44(7,8)36(30)39(52)34(27)35-38(28)49(37(24(2)3)40(35)53)41(29)47(26,11)46(31,10)19-17-32(45)50/h13-14,18,21-22,26,31-32,36-37,39,50,52H,2,12,15-17,19-20,23H2,1,3-11H3,(H,48,54)/b18-13+,25-14+. The van der Waals surface area contributed by atoms with Crippen molar-refractivity contribution in [2.75, 3.05) is 13.2 Å². The van der Waals surface area contributed by atoms with Crippen LogP contribution >= 0.6 is 0 Å². The van der Waals surface area contributed by atoms with Crippen molar-refractivity contribution in [2.45, 2.75) is 136 Å². The second-order valence-electron chi connectivity index (χ2n) is 19.5. The number of hydrogen-bond acceptors (Lipinski definition) is 7. The monoisotopic (exact) mass is 764 g/mol. The summed E-state index contributed by atoms with van der Waals surface area (Å²) in [6.45, 7) is 25.1. The molecule has 300 valence electrons. The molecule has 2 aromatic rings. The molecule has 2 saturated carbocycles. The molecular formula is C47H60N2O7. The summed E-state index contributed by atoms with van der Waals surface area (Å²) in [5, 5.41) is 27.8. The van der Waals surface area contributed by atoms with E-state index >= 15 is 0 Å². The fraction of sp³-hybridized carbons (Fsp3) is 0.596. The lowest BCUT2D eigenvalue weighted by molar-refractivity contribution is -0.144. The summed E-state index contributed by atoms with van der Waals surface area (Å²) in [5.74, 6) is -0.634. The van der Waals surface area contributed by atoms with Gasteiger partial charge in [0.1, 0.15) is 12.6 Å². The van der Waals surface area contributed by atoms with Gasteiger partial charge in [-0.1, -0.05) is 51.2 Å². The molecule has 1 aromatic carbocycles. The van der Waals surface area contributed by atoms with Crippen LogP contribution in [0, 0.1) is 28.6 Å². The summed E-state index contributed by atoms with van der Waals surface area (Å²) >= 11 is 0. The Bertz CT molecular complexity index is 2200. The third-order valence-electron chi connectivity index (χ3n) is 15.5. The number of aromatic nitrogens is 1. The topological polar surface area (TPSA) is 127 Å². The number of nitrogens with one attached hydrogen (secondary N) is 1. The van der Waals surface area contributed by atoms with Crippen LogP contribution in [-0.2, 0) is 30.9 Å². The highest BCUT2D eigenvalue weighted by atomic mass is 16.5. The lowest BCUT2D eigenvalue weighted by atomic mass is 9.40. The number of aliphatic hydroxyl groups excluding tert-OH is 2. The van der Waals surface area contributed by atoms with Crippen molar-refractivity contribution in [1.82, 2.24) is 9.88 Å². The van der Waals surface area contributed by atoms with E-state index in [0.29, 0.717) is 23.5 Å². The van der Waals surface area contributed by atoms with E-state index in [9.17, 15) is 24.6 Å². The molecule has 0 saturated heterocycles. The molecule has 8 rings (SSSR count). The molecule has 56 heavy (non-hydrogen) atoms. The van der Waals surface area contributed by atoms with E-state index in [1.54, 1.807) is 19.9 Å². The van der Waals surface area contributed by atoms with Gasteiger partial charge in [0.2, 0.25) is 5.91 Å². The Morgan fingerprint density at radius 3 is 2.48 bits per heavy atom. The smallest absolute Gasteiger partial charge is 0.325 e. The number of fused-ring (bicyclic) bond motifs is 11. The lowest BCUT2D eigenvalue weighted by Gasteiger charge is -2.64. The number of Topliss-reactive ketones (excluding diaryl/α,β-unsaturated/α-hetero) is 1. The quantitative estimate of drug-likeness (QED) is 0.114. The average Bonchev–Trinajstić information content (AvgIpc) is 3.78. The number of esters is 1. The molecular weight excluding hydrogens is 705 g/mol. The third-order valence-corrected chi connectivity index (χ3v) is 15.5. The van der Waals surface area contributed by atoms with Crippen LogP contribution in [0.5, 0.6) is 0 Å². The van der Waals surface area contributed by atoms with Crippen molar-refractivity contribution in [3.05, 3.63) is 76.0 Å². The average molecular weight is 765 g/mol. The molecule has 6 aliphatic rings.